The Morgan fingerprint density at radius 2 is 1.74 bits per heavy atom. The van der Waals surface area contributed by atoms with E-state index in [0.717, 1.165) is 31.4 Å². The summed E-state index contributed by atoms with van der Waals surface area (Å²) in [5.74, 6) is -0.0286. The lowest BCUT2D eigenvalue weighted by molar-refractivity contribution is -0.385. The maximum Gasteiger partial charge on any atom is 0.293 e. The molecule has 1 aliphatic rings. The number of nitrogens with zero attached hydrogens (tertiary/aromatic N) is 2. The van der Waals surface area contributed by atoms with E-state index in [-0.39, 0.29) is 40.8 Å². The summed E-state index contributed by atoms with van der Waals surface area (Å²) >= 11 is 2.92. The molecular formula is C25H19IN2O6S. The van der Waals surface area contributed by atoms with Crippen LogP contribution in [0.5, 0.6) is 11.5 Å². The fourth-order valence-corrected chi connectivity index (χ4v) is 4.58. The second-order valence-corrected chi connectivity index (χ2v) is 9.73. The van der Waals surface area contributed by atoms with E-state index in [0.29, 0.717) is 0 Å². The van der Waals surface area contributed by atoms with Crippen molar-refractivity contribution in [2.24, 2.45) is 0 Å². The summed E-state index contributed by atoms with van der Waals surface area (Å²) < 4.78 is 12.2. The van der Waals surface area contributed by atoms with Crippen LogP contribution in [0.25, 0.3) is 6.08 Å². The van der Waals surface area contributed by atoms with Gasteiger partial charge >= 0.3 is 0 Å². The topological polar surface area (TPSA) is 99.0 Å². The molecule has 0 bridgehead atoms. The largest absolute Gasteiger partial charge is 0.493 e. The number of hydrogen-bond acceptors (Lipinski definition) is 7. The van der Waals surface area contributed by atoms with Gasteiger partial charge in [0.1, 0.15) is 6.61 Å². The van der Waals surface area contributed by atoms with Crippen molar-refractivity contribution >= 4 is 57.3 Å². The lowest BCUT2D eigenvalue weighted by Crippen LogP contribution is -2.27. The van der Waals surface area contributed by atoms with E-state index in [2.05, 4.69) is 22.6 Å². The van der Waals surface area contributed by atoms with E-state index in [1.807, 2.05) is 54.6 Å². The first-order chi connectivity index (χ1) is 16.9. The Bertz CT molecular complexity index is 1310. The summed E-state index contributed by atoms with van der Waals surface area (Å²) in [5.41, 5.74) is 1.57. The van der Waals surface area contributed by atoms with Crippen molar-refractivity contribution in [3.8, 4) is 11.5 Å². The minimum absolute atomic E-state index is 0.101. The van der Waals surface area contributed by atoms with Crippen molar-refractivity contribution in [3.05, 3.63) is 102 Å². The molecule has 1 heterocycles. The van der Waals surface area contributed by atoms with Crippen LogP contribution < -0.4 is 9.47 Å². The molecule has 3 aromatic carbocycles. The average molecular weight is 602 g/mol. The molecule has 178 valence electrons. The van der Waals surface area contributed by atoms with Gasteiger partial charge in [0.15, 0.2) is 11.5 Å². The smallest absolute Gasteiger partial charge is 0.293 e. The van der Waals surface area contributed by atoms with E-state index < -0.39 is 16.1 Å². The van der Waals surface area contributed by atoms with Gasteiger partial charge in [-0.2, -0.15) is 0 Å². The highest BCUT2D eigenvalue weighted by atomic mass is 127. The quantitative estimate of drug-likeness (QED) is 0.135. The Morgan fingerprint density at radius 3 is 2.40 bits per heavy atom. The zero-order chi connectivity index (χ0) is 24.9. The molecule has 0 atom stereocenters. The molecule has 2 amide bonds. The summed E-state index contributed by atoms with van der Waals surface area (Å²) in [6.07, 6.45) is 1.35. The minimum Gasteiger partial charge on any atom is -0.493 e. The van der Waals surface area contributed by atoms with E-state index in [9.17, 15) is 19.7 Å². The van der Waals surface area contributed by atoms with Crippen molar-refractivity contribution in [2.45, 2.75) is 13.2 Å². The molecule has 1 saturated heterocycles. The van der Waals surface area contributed by atoms with Gasteiger partial charge in [0.2, 0.25) is 0 Å². The lowest BCUT2D eigenvalue weighted by Gasteiger charge is -2.13. The van der Waals surface area contributed by atoms with Crippen LogP contribution in [0.15, 0.2) is 71.6 Å². The number of nitro groups is 1. The van der Waals surface area contributed by atoms with Crippen molar-refractivity contribution in [2.75, 3.05) is 7.11 Å². The Kier molecular flexibility index (Phi) is 7.71. The molecule has 0 radical (unpaired) electrons. The maximum atomic E-state index is 12.9. The van der Waals surface area contributed by atoms with Gasteiger partial charge in [0.05, 0.1) is 35.1 Å². The van der Waals surface area contributed by atoms with Crippen LogP contribution in [0, 0.1) is 13.7 Å². The van der Waals surface area contributed by atoms with Gasteiger partial charge in [-0.3, -0.25) is 24.6 Å². The lowest BCUT2D eigenvalue weighted by atomic mass is 10.1. The second-order valence-electron chi connectivity index (χ2n) is 7.49. The van der Waals surface area contributed by atoms with E-state index >= 15 is 0 Å². The van der Waals surface area contributed by atoms with Gasteiger partial charge in [-0.25, -0.2) is 0 Å². The third-order valence-corrected chi connectivity index (χ3v) is 6.79. The van der Waals surface area contributed by atoms with Crippen LogP contribution in [0.1, 0.15) is 16.7 Å². The molecule has 0 N–H and O–H groups in total. The normalized spacial score (nSPS) is 14.5. The molecule has 0 aromatic heterocycles. The molecule has 4 rings (SSSR count). The molecule has 0 saturated carbocycles. The van der Waals surface area contributed by atoms with Gasteiger partial charge in [-0.1, -0.05) is 42.5 Å². The summed E-state index contributed by atoms with van der Waals surface area (Å²) in [7, 11) is 1.43. The van der Waals surface area contributed by atoms with Gasteiger partial charge in [0.25, 0.3) is 16.8 Å². The van der Waals surface area contributed by atoms with Crippen LogP contribution in [0.2, 0.25) is 0 Å². The number of amides is 2. The standard InChI is InChI=1S/C25H19IN2O6S/c1-33-21-11-18(20(28(31)32)13-22(21)34-15-17-5-3-2-4-6-17)12-23-24(29)27(25(30)35-23)14-16-7-9-19(26)10-8-16/h2-13H,14-15H2,1H3/b23-12-. The number of halogens is 1. The van der Waals surface area contributed by atoms with Gasteiger partial charge < -0.3 is 9.47 Å². The molecule has 1 aliphatic heterocycles. The second kappa shape index (κ2) is 10.9. The van der Waals surface area contributed by atoms with E-state index in [1.54, 1.807) is 0 Å². The van der Waals surface area contributed by atoms with Crippen LogP contribution in [-0.2, 0) is 17.9 Å². The van der Waals surface area contributed by atoms with Crippen LogP contribution >= 0.6 is 34.4 Å². The Morgan fingerprint density at radius 1 is 1.03 bits per heavy atom. The highest BCUT2D eigenvalue weighted by Crippen LogP contribution is 2.39. The number of ether oxygens (including phenoxy) is 2. The number of benzene rings is 3. The van der Waals surface area contributed by atoms with Gasteiger partial charge in [-0.05, 0) is 69.8 Å². The summed E-state index contributed by atoms with van der Waals surface area (Å²) in [5, 5.41) is 11.4. The van der Waals surface area contributed by atoms with Crippen LogP contribution in [-0.4, -0.2) is 28.1 Å². The molecule has 3 aromatic rings. The number of methoxy groups -OCH3 is 1. The molecule has 0 unspecified atom stereocenters. The van der Waals surface area contributed by atoms with Crippen molar-refractivity contribution < 1.29 is 24.0 Å². The Balaban J connectivity index is 1.61. The highest BCUT2D eigenvalue weighted by Gasteiger charge is 2.35. The zero-order valence-corrected chi connectivity index (χ0v) is 21.4. The first-order valence-corrected chi connectivity index (χ1v) is 12.3. The number of nitro benzene ring substituents is 1. The first kappa shape index (κ1) is 24.7. The Hall–Kier alpha value is -3.38. The van der Waals surface area contributed by atoms with Crippen molar-refractivity contribution in [3.63, 3.8) is 0 Å². The molecule has 0 aliphatic carbocycles. The number of thioether (sulfide) groups is 1. The summed E-state index contributed by atoms with van der Waals surface area (Å²) in [4.78, 5) is 37.9. The monoisotopic (exact) mass is 602 g/mol. The molecule has 8 nitrogen and oxygen atoms in total. The van der Waals surface area contributed by atoms with Gasteiger partial charge in [0, 0.05) is 3.57 Å². The molecular weight excluding hydrogens is 583 g/mol. The molecule has 10 heteroatoms. The Labute approximate surface area is 219 Å². The zero-order valence-electron chi connectivity index (χ0n) is 18.5. The van der Waals surface area contributed by atoms with Crippen molar-refractivity contribution in [1.29, 1.82) is 0 Å². The first-order valence-electron chi connectivity index (χ1n) is 10.4. The predicted octanol–water partition coefficient (Wildman–Crippen LogP) is 6.02. The molecule has 1 fully saturated rings. The summed E-state index contributed by atoms with van der Waals surface area (Å²) in [6, 6.07) is 19.5. The SMILES string of the molecule is COc1cc(/C=C2\SC(=O)N(Cc3ccc(I)cc3)C2=O)c([N+](=O)[O-])cc1OCc1ccccc1. The molecule has 35 heavy (non-hydrogen) atoms. The number of hydrogen-bond donors (Lipinski definition) is 0. The van der Waals surface area contributed by atoms with Crippen LogP contribution in [0.4, 0.5) is 10.5 Å². The third kappa shape index (κ3) is 5.82. The number of rotatable bonds is 8. The maximum absolute atomic E-state index is 12.9. The van der Waals surface area contributed by atoms with Crippen LogP contribution in [0.3, 0.4) is 0 Å². The highest BCUT2D eigenvalue weighted by molar-refractivity contribution is 14.1. The summed E-state index contributed by atoms with van der Waals surface area (Å²) in [6.45, 7) is 0.321. The van der Waals surface area contributed by atoms with Gasteiger partial charge in [-0.15, -0.1) is 0 Å². The van der Waals surface area contributed by atoms with E-state index in [1.165, 1.54) is 25.3 Å². The number of carbonyl (C=O) groups excluding carboxylic acids is 2. The number of carbonyl (C=O) groups is 2. The fourth-order valence-electron chi connectivity index (χ4n) is 3.40. The third-order valence-electron chi connectivity index (χ3n) is 5.16. The van der Waals surface area contributed by atoms with E-state index in [4.69, 9.17) is 9.47 Å². The number of imide groups is 1. The average Bonchev–Trinajstić information content (AvgIpc) is 3.11. The predicted molar refractivity (Wildman–Crippen MR) is 141 cm³/mol. The minimum atomic E-state index is -0.559. The molecule has 0 spiro atoms. The van der Waals surface area contributed by atoms with Crippen molar-refractivity contribution in [1.82, 2.24) is 4.90 Å². The fraction of sp³-hybridized carbons (Fsp3) is 0.120.